The molecule has 116 valence electrons. The third kappa shape index (κ3) is 3.74. The Kier molecular flexibility index (Phi) is 4.53. The highest BCUT2D eigenvalue weighted by atomic mass is 32.2. The van der Waals surface area contributed by atoms with Crippen molar-refractivity contribution in [3.8, 4) is 0 Å². The summed E-state index contributed by atoms with van der Waals surface area (Å²) in [6.45, 7) is 1.86. The van der Waals surface area contributed by atoms with Gasteiger partial charge in [0, 0.05) is 25.0 Å². The lowest BCUT2D eigenvalue weighted by atomic mass is 9.73. The highest BCUT2D eigenvalue weighted by Gasteiger charge is 2.35. The fraction of sp³-hybridized carbons (Fsp3) is 0.500. The molecule has 0 aromatic heterocycles. The number of nitrogens with zero attached hydrogens (tertiary/aromatic N) is 2. The van der Waals surface area contributed by atoms with Crippen molar-refractivity contribution < 1.29 is 8.42 Å². The van der Waals surface area contributed by atoms with Gasteiger partial charge in [0.1, 0.15) is 0 Å². The molecule has 1 saturated heterocycles. The van der Waals surface area contributed by atoms with Crippen molar-refractivity contribution in [2.45, 2.75) is 18.3 Å². The van der Waals surface area contributed by atoms with E-state index in [1.807, 2.05) is 18.2 Å². The van der Waals surface area contributed by atoms with Gasteiger partial charge in [-0.05, 0) is 18.4 Å². The number of nitrogens with two attached hydrogens (primary N) is 2. The van der Waals surface area contributed by atoms with Crippen LogP contribution in [-0.2, 0) is 15.4 Å². The number of rotatable bonds is 3. The molecular formula is C14H22N4O2S. The Balaban J connectivity index is 2.13. The van der Waals surface area contributed by atoms with Gasteiger partial charge in [-0.15, -0.1) is 4.40 Å². The number of piperidine rings is 1. The second-order valence-electron chi connectivity index (χ2n) is 5.52. The van der Waals surface area contributed by atoms with E-state index < -0.39 is 10.0 Å². The van der Waals surface area contributed by atoms with Crippen LogP contribution in [0.1, 0.15) is 18.4 Å². The SMILES string of the molecule is CS(=O)(=O)N=C(N)N1CCC(CN)(c2ccccc2)CC1. The van der Waals surface area contributed by atoms with E-state index in [0.717, 1.165) is 19.1 Å². The molecule has 1 aliphatic heterocycles. The van der Waals surface area contributed by atoms with Crippen molar-refractivity contribution in [1.82, 2.24) is 4.90 Å². The van der Waals surface area contributed by atoms with Crippen molar-refractivity contribution in [1.29, 1.82) is 0 Å². The molecule has 4 N–H and O–H groups in total. The Bertz CT molecular complexity index is 605. The van der Waals surface area contributed by atoms with Gasteiger partial charge >= 0.3 is 0 Å². The van der Waals surface area contributed by atoms with Crippen LogP contribution in [0.15, 0.2) is 34.7 Å². The van der Waals surface area contributed by atoms with Crippen LogP contribution >= 0.6 is 0 Å². The molecule has 1 aliphatic rings. The molecule has 21 heavy (non-hydrogen) atoms. The van der Waals surface area contributed by atoms with Crippen molar-refractivity contribution >= 4 is 16.0 Å². The second kappa shape index (κ2) is 6.03. The molecule has 0 unspecified atom stereocenters. The predicted octanol–water partition coefficient (Wildman–Crippen LogP) is 0.253. The maximum absolute atomic E-state index is 11.2. The Morgan fingerprint density at radius 1 is 1.29 bits per heavy atom. The molecule has 1 aromatic carbocycles. The molecule has 7 heteroatoms. The van der Waals surface area contributed by atoms with Crippen molar-refractivity contribution in [2.75, 3.05) is 25.9 Å². The highest BCUT2D eigenvalue weighted by Crippen LogP contribution is 2.34. The molecule has 6 nitrogen and oxygen atoms in total. The molecule has 0 aliphatic carbocycles. The fourth-order valence-electron chi connectivity index (χ4n) is 2.79. The van der Waals surface area contributed by atoms with E-state index in [4.69, 9.17) is 11.5 Å². The summed E-state index contributed by atoms with van der Waals surface area (Å²) in [5.74, 6) is 0.0659. The van der Waals surface area contributed by atoms with Crippen LogP contribution in [0.25, 0.3) is 0 Å². The van der Waals surface area contributed by atoms with Crippen molar-refractivity contribution in [2.24, 2.45) is 15.9 Å². The van der Waals surface area contributed by atoms with Crippen LogP contribution in [0.2, 0.25) is 0 Å². The highest BCUT2D eigenvalue weighted by molar-refractivity contribution is 7.89. The lowest BCUT2D eigenvalue weighted by Crippen LogP contribution is -2.50. The second-order valence-corrected chi connectivity index (χ2v) is 7.17. The predicted molar refractivity (Wildman–Crippen MR) is 84.4 cm³/mol. The van der Waals surface area contributed by atoms with Crippen LogP contribution in [0.3, 0.4) is 0 Å². The van der Waals surface area contributed by atoms with E-state index in [-0.39, 0.29) is 11.4 Å². The standard InChI is InChI=1S/C14H22N4O2S/c1-21(19,20)17-13(16)18-9-7-14(11-15,8-10-18)12-5-3-2-4-6-12/h2-6H,7-11,15H2,1H3,(H2,16,17). The number of benzene rings is 1. The third-order valence-corrected chi connectivity index (χ3v) is 4.60. The Morgan fingerprint density at radius 2 is 1.86 bits per heavy atom. The van der Waals surface area contributed by atoms with Crippen molar-refractivity contribution in [3.63, 3.8) is 0 Å². The number of likely N-dealkylation sites (tertiary alicyclic amines) is 1. The summed E-state index contributed by atoms with van der Waals surface area (Å²) in [5.41, 5.74) is 12.9. The maximum atomic E-state index is 11.2. The summed E-state index contributed by atoms with van der Waals surface area (Å²) in [6.07, 6.45) is 2.69. The summed E-state index contributed by atoms with van der Waals surface area (Å²) < 4.78 is 25.9. The average molecular weight is 310 g/mol. The Labute approximate surface area is 125 Å². The molecule has 1 fully saturated rings. The zero-order chi connectivity index (χ0) is 15.5. The van der Waals surface area contributed by atoms with Gasteiger partial charge in [0.05, 0.1) is 6.26 Å². The lowest BCUT2D eigenvalue weighted by molar-refractivity contribution is 0.229. The van der Waals surface area contributed by atoms with Gasteiger partial charge in [-0.1, -0.05) is 30.3 Å². The minimum Gasteiger partial charge on any atom is -0.369 e. The molecule has 0 amide bonds. The molecule has 0 spiro atoms. The average Bonchev–Trinajstić information content (AvgIpc) is 2.46. The molecule has 0 saturated carbocycles. The van der Waals surface area contributed by atoms with Gasteiger partial charge in [0.25, 0.3) is 10.0 Å². The van der Waals surface area contributed by atoms with Crippen LogP contribution in [0, 0.1) is 0 Å². The molecular weight excluding hydrogens is 288 g/mol. The largest absolute Gasteiger partial charge is 0.369 e. The van der Waals surface area contributed by atoms with E-state index >= 15 is 0 Å². The topological polar surface area (TPSA) is 102 Å². The molecule has 0 atom stereocenters. The summed E-state index contributed by atoms with van der Waals surface area (Å²) in [6, 6.07) is 10.2. The van der Waals surface area contributed by atoms with Crippen LogP contribution in [-0.4, -0.2) is 45.2 Å². The van der Waals surface area contributed by atoms with Gasteiger partial charge in [-0.25, -0.2) is 8.42 Å². The van der Waals surface area contributed by atoms with Crippen LogP contribution < -0.4 is 11.5 Å². The molecule has 0 bridgehead atoms. The van der Waals surface area contributed by atoms with Crippen LogP contribution in [0.5, 0.6) is 0 Å². The first kappa shape index (κ1) is 15.8. The molecule has 1 aromatic rings. The minimum atomic E-state index is -3.46. The minimum absolute atomic E-state index is 0.0659. The first-order valence-electron chi connectivity index (χ1n) is 6.92. The summed E-state index contributed by atoms with van der Waals surface area (Å²) in [4.78, 5) is 1.80. The Morgan fingerprint density at radius 3 is 2.33 bits per heavy atom. The zero-order valence-corrected chi connectivity index (χ0v) is 13.0. The van der Waals surface area contributed by atoms with Gasteiger partial charge in [-0.2, -0.15) is 0 Å². The van der Waals surface area contributed by atoms with Crippen LogP contribution in [0.4, 0.5) is 0 Å². The van der Waals surface area contributed by atoms with E-state index in [2.05, 4.69) is 16.5 Å². The number of sulfonamides is 1. The van der Waals surface area contributed by atoms with E-state index in [1.165, 1.54) is 5.56 Å². The monoisotopic (exact) mass is 310 g/mol. The zero-order valence-electron chi connectivity index (χ0n) is 12.2. The maximum Gasteiger partial charge on any atom is 0.253 e. The van der Waals surface area contributed by atoms with Gasteiger partial charge in [0.15, 0.2) is 0 Å². The quantitative estimate of drug-likeness (QED) is 0.615. The summed E-state index contributed by atoms with van der Waals surface area (Å²) in [5, 5.41) is 0. The van der Waals surface area contributed by atoms with E-state index in [1.54, 1.807) is 4.90 Å². The first-order valence-corrected chi connectivity index (χ1v) is 8.77. The summed E-state index contributed by atoms with van der Waals surface area (Å²) >= 11 is 0. The fourth-order valence-corrected chi connectivity index (χ4v) is 3.25. The number of guanidine groups is 1. The summed E-state index contributed by atoms with van der Waals surface area (Å²) in [7, 11) is -3.46. The van der Waals surface area contributed by atoms with Gasteiger partial charge < -0.3 is 16.4 Å². The van der Waals surface area contributed by atoms with E-state index in [0.29, 0.717) is 19.6 Å². The number of hydrogen-bond acceptors (Lipinski definition) is 3. The Hall–Kier alpha value is -1.60. The normalized spacial score (nSPS) is 19.5. The van der Waals surface area contributed by atoms with Gasteiger partial charge in [-0.3, -0.25) is 0 Å². The van der Waals surface area contributed by atoms with Crippen molar-refractivity contribution in [3.05, 3.63) is 35.9 Å². The van der Waals surface area contributed by atoms with E-state index in [9.17, 15) is 8.42 Å². The molecule has 1 heterocycles. The smallest absolute Gasteiger partial charge is 0.253 e. The first-order chi connectivity index (χ1) is 9.86. The lowest BCUT2D eigenvalue weighted by Gasteiger charge is -2.41. The third-order valence-electron chi connectivity index (χ3n) is 4.08. The molecule has 0 radical (unpaired) electrons. The van der Waals surface area contributed by atoms with Gasteiger partial charge in [0.2, 0.25) is 5.96 Å². The molecule has 2 rings (SSSR count). The number of hydrogen-bond donors (Lipinski definition) is 2.